The third-order valence-corrected chi connectivity index (χ3v) is 2.62. The molecule has 98 valence electrons. The van der Waals surface area contributed by atoms with Gasteiger partial charge in [-0.05, 0) is 30.3 Å². The smallest absolute Gasteiger partial charge is 0.258 e. The normalized spacial score (nSPS) is 10.0. The molecule has 0 spiro atoms. The number of nitrogens with zero attached hydrogens (tertiary/aromatic N) is 1. The molecule has 19 heavy (non-hydrogen) atoms. The largest absolute Gasteiger partial charge is 0.496 e. The van der Waals surface area contributed by atoms with Crippen molar-refractivity contribution >= 4 is 17.5 Å². The quantitative estimate of drug-likeness (QED) is 0.933. The summed E-state index contributed by atoms with van der Waals surface area (Å²) >= 11 is 5.78. The summed E-state index contributed by atoms with van der Waals surface area (Å²) in [6, 6.07) is 8.19. The van der Waals surface area contributed by atoms with E-state index in [2.05, 4.69) is 4.98 Å². The van der Waals surface area contributed by atoms with Gasteiger partial charge in [-0.3, -0.25) is 4.79 Å². The highest BCUT2D eigenvalue weighted by atomic mass is 35.5. The molecule has 0 atom stereocenters. The lowest BCUT2D eigenvalue weighted by Gasteiger charge is -2.11. The molecule has 0 saturated heterocycles. The Labute approximate surface area is 114 Å². The van der Waals surface area contributed by atoms with Gasteiger partial charge in [0.05, 0.1) is 7.11 Å². The highest BCUT2D eigenvalue weighted by Crippen LogP contribution is 2.29. The van der Waals surface area contributed by atoms with E-state index in [0.717, 1.165) is 0 Å². The van der Waals surface area contributed by atoms with Crippen LogP contribution in [0.25, 0.3) is 0 Å². The van der Waals surface area contributed by atoms with E-state index in [0.29, 0.717) is 16.5 Å². The minimum absolute atomic E-state index is 0.0918. The first kappa shape index (κ1) is 13.2. The number of benzene rings is 1. The Kier molecular flexibility index (Phi) is 3.87. The number of carbonyl (C=O) groups is 1. The van der Waals surface area contributed by atoms with E-state index in [4.69, 9.17) is 26.8 Å². The molecule has 0 fully saturated rings. The van der Waals surface area contributed by atoms with Gasteiger partial charge >= 0.3 is 0 Å². The van der Waals surface area contributed by atoms with Gasteiger partial charge < -0.3 is 15.2 Å². The summed E-state index contributed by atoms with van der Waals surface area (Å²) in [4.78, 5) is 15.4. The van der Waals surface area contributed by atoms with Gasteiger partial charge in [0.25, 0.3) is 5.91 Å². The number of aromatic nitrogens is 1. The van der Waals surface area contributed by atoms with Crippen molar-refractivity contribution in [2.45, 2.75) is 0 Å². The first-order chi connectivity index (χ1) is 9.11. The van der Waals surface area contributed by atoms with Crippen LogP contribution < -0.4 is 15.2 Å². The van der Waals surface area contributed by atoms with Crippen LogP contribution in [0.2, 0.25) is 5.02 Å². The minimum Gasteiger partial charge on any atom is -0.496 e. The molecule has 5 nitrogen and oxygen atoms in total. The molecular weight excluding hydrogens is 268 g/mol. The number of hydrogen-bond donors (Lipinski definition) is 1. The van der Waals surface area contributed by atoms with Gasteiger partial charge in [0.1, 0.15) is 17.1 Å². The molecule has 0 unspecified atom stereocenters. The number of nitrogens with two attached hydrogens (primary N) is 1. The highest BCUT2D eigenvalue weighted by molar-refractivity contribution is 6.30. The van der Waals surface area contributed by atoms with Gasteiger partial charge in [-0.1, -0.05) is 11.6 Å². The Bertz CT molecular complexity index is 599. The number of primary amides is 1. The molecule has 0 aliphatic carbocycles. The Morgan fingerprint density at radius 3 is 2.53 bits per heavy atom. The molecule has 1 amide bonds. The van der Waals surface area contributed by atoms with Gasteiger partial charge in [0.15, 0.2) is 0 Å². The Morgan fingerprint density at radius 1 is 1.26 bits per heavy atom. The average molecular weight is 279 g/mol. The number of rotatable bonds is 4. The zero-order valence-electron chi connectivity index (χ0n) is 10.1. The lowest BCUT2D eigenvalue weighted by molar-refractivity contribution is 0.0994. The van der Waals surface area contributed by atoms with E-state index in [9.17, 15) is 4.79 Å². The topological polar surface area (TPSA) is 74.4 Å². The maximum Gasteiger partial charge on any atom is 0.258 e. The van der Waals surface area contributed by atoms with E-state index in [-0.39, 0.29) is 11.4 Å². The second kappa shape index (κ2) is 5.58. The summed E-state index contributed by atoms with van der Waals surface area (Å²) in [5.74, 6) is 0.224. The Balaban J connectivity index is 2.39. The minimum atomic E-state index is -0.672. The molecule has 2 rings (SSSR count). The third kappa shape index (κ3) is 2.95. The van der Waals surface area contributed by atoms with Crippen molar-refractivity contribution in [3.05, 3.63) is 47.1 Å². The fourth-order valence-corrected chi connectivity index (χ4v) is 1.64. The molecule has 0 saturated carbocycles. The molecule has 6 heteroatoms. The molecular formula is C13H11ClN2O3. The first-order valence-corrected chi connectivity index (χ1v) is 5.76. The zero-order valence-corrected chi connectivity index (χ0v) is 10.8. The Morgan fingerprint density at radius 2 is 1.95 bits per heavy atom. The van der Waals surface area contributed by atoms with Gasteiger partial charge in [-0.2, -0.15) is 0 Å². The van der Waals surface area contributed by atoms with Crippen molar-refractivity contribution in [1.82, 2.24) is 4.98 Å². The number of halogens is 1. The second-order valence-corrected chi connectivity index (χ2v) is 4.05. The van der Waals surface area contributed by atoms with Crippen molar-refractivity contribution in [2.75, 3.05) is 7.11 Å². The number of methoxy groups -OCH3 is 1. The molecule has 1 aromatic heterocycles. The lowest BCUT2D eigenvalue weighted by atomic mass is 10.2. The van der Waals surface area contributed by atoms with E-state index in [1.54, 1.807) is 24.3 Å². The monoisotopic (exact) mass is 278 g/mol. The predicted octanol–water partition coefficient (Wildman–Crippen LogP) is 2.63. The van der Waals surface area contributed by atoms with Gasteiger partial charge in [-0.15, -0.1) is 0 Å². The molecule has 2 aromatic rings. The summed E-state index contributed by atoms with van der Waals surface area (Å²) in [6.07, 6.45) is 1.47. The van der Waals surface area contributed by atoms with Gasteiger partial charge in [0.2, 0.25) is 5.88 Å². The number of ether oxygens (including phenoxy) is 2. The summed E-state index contributed by atoms with van der Waals surface area (Å²) in [7, 11) is 1.44. The van der Waals surface area contributed by atoms with E-state index in [1.807, 2.05) is 0 Å². The van der Waals surface area contributed by atoms with Crippen LogP contribution in [-0.2, 0) is 0 Å². The van der Waals surface area contributed by atoms with E-state index >= 15 is 0 Å². The van der Waals surface area contributed by atoms with Crippen LogP contribution in [0.5, 0.6) is 17.4 Å². The summed E-state index contributed by atoms with van der Waals surface area (Å²) < 4.78 is 10.6. The van der Waals surface area contributed by atoms with Crippen molar-refractivity contribution in [1.29, 1.82) is 0 Å². The Hall–Kier alpha value is -2.27. The standard InChI is InChI=1S/C13H11ClN2O3/c1-18-10-6-7-16-13(11(10)12(15)17)19-9-4-2-8(14)3-5-9/h2-7H,1H3,(H2,15,17). The van der Waals surface area contributed by atoms with Crippen molar-refractivity contribution in [2.24, 2.45) is 5.73 Å². The third-order valence-electron chi connectivity index (χ3n) is 2.37. The maximum atomic E-state index is 11.4. The molecule has 0 radical (unpaired) electrons. The van der Waals surface area contributed by atoms with Crippen LogP contribution in [0.15, 0.2) is 36.5 Å². The summed E-state index contributed by atoms with van der Waals surface area (Å²) in [6.45, 7) is 0. The molecule has 1 aromatic carbocycles. The fraction of sp³-hybridized carbons (Fsp3) is 0.0769. The molecule has 0 aliphatic heterocycles. The van der Waals surface area contributed by atoms with Crippen LogP contribution in [0.3, 0.4) is 0 Å². The first-order valence-electron chi connectivity index (χ1n) is 5.38. The van der Waals surface area contributed by atoms with Gasteiger partial charge in [-0.25, -0.2) is 4.98 Å². The highest BCUT2D eigenvalue weighted by Gasteiger charge is 2.17. The van der Waals surface area contributed by atoms with Crippen molar-refractivity contribution < 1.29 is 14.3 Å². The van der Waals surface area contributed by atoms with E-state index < -0.39 is 5.91 Å². The maximum absolute atomic E-state index is 11.4. The molecule has 0 bridgehead atoms. The molecule has 2 N–H and O–H groups in total. The summed E-state index contributed by atoms with van der Waals surface area (Å²) in [5, 5.41) is 0.584. The second-order valence-electron chi connectivity index (χ2n) is 3.61. The lowest BCUT2D eigenvalue weighted by Crippen LogP contribution is -2.14. The SMILES string of the molecule is COc1ccnc(Oc2ccc(Cl)cc2)c1C(N)=O. The predicted molar refractivity (Wildman–Crippen MR) is 70.8 cm³/mol. The number of pyridine rings is 1. The molecule has 0 aliphatic rings. The fourth-order valence-electron chi connectivity index (χ4n) is 1.51. The number of amides is 1. The van der Waals surface area contributed by atoms with Crippen LogP contribution in [0.4, 0.5) is 0 Å². The van der Waals surface area contributed by atoms with E-state index in [1.165, 1.54) is 19.4 Å². The average Bonchev–Trinajstić information content (AvgIpc) is 2.40. The number of hydrogen-bond acceptors (Lipinski definition) is 4. The van der Waals surface area contributed by atoms with Crippen LogP contribution in [-0.4, -0.2) is 18.0 Å². The summed E-state index contributed by atoms with van der Waals surface area (Å²) in [5.41, 5.74) is 5.41. The molecule has 1 heterocycles. The van der Waals surface area contributed by atoms with Crippen LogP contribution in [0, 0.1) is 0 Å². The van der Waals surface area contributed by atoms with Crippen LogP contribution >= 0.6 is 11.6 Å². The number of carbonyl (C=O) groups excluding carboxylic acids is 1. The van der Waals surface area contributed by atoms with Crippen LogP contribution in [0.1, 0.15) is 10.4 Å². The van der Waals surface area contributed by atoms with Crippen molar-refractivity contribution in [3.8, 4) is 17.4 Å². The zero-order chi connectivity index (χ0) is 13.8. The van der Waals surface area contributed by atoms with Gasteiger partial charge in [0, 0.05) is 11.2 Å². The van der Waals surface area contributed by atoms with Crippen molar-refractivity contribution in [3.63, 3.8) is 0 Å².